The Balaban J connectivity index is 1.77. The van der Waals surface area contributed by atoms with Crippen molar-refractivity contribution in [1.82, 2.24) is 9.88 Å². The standard InChI is InChI=1S/C19H22N2O4S/c1-14(2)26(23,24)17-8-4-3-7-16(17)19(22)21-12-10-15(13-21)25-18-9-5-6-11-20-18/h3-9,11,14-15H,10,12-13H2,1-2H3. The molecule has 1 amide bonds. The van der Waals surface area contributed by atoms with Crippen molar-refractivity contribution in [2.45, 2.75) is 36.5 Å². The highest BCUT2D eigenvalue weighted by atomic mass is 32.2. The number of amides is 1. The minimum Gasteiger partial charge on any atom is -0.472 e. The summed E-state index contributed by atoms with van der Waals surface area (Å²) >= 11 is 0. The van der Waals surface area contributed by atoms with Gasteiger partial charge in [0.2, 0.25) is 5.88 Å². The van der Waals surface area contributed by atoms with E-state index in [9.17, 15) is 13.2 Å². The first-order valence-corrected chi connectivity index (χ1v) is 10.1. The Morgan fingerprint density at radius 3 is 2.62 bits per heavy atom. The van der Waals surface area contributed by atoms with Crippen molar-refractivity contribution in [2.24, 2.45) is 0 Å². The first-order valence-electron chi connectivity index (χ1n) is 8.59. The lowest BCUT2D eigenvalue weighted by molar-refractivity contribution is 0.0767. The molecule has 6 nitrogen and oxygen atoms in total. The van der Waals surface area contributed by atoms with Gasteiger partial charge in [0.25, 0.3) is 5.91 Å². The molecule has 138 valence electrons. The third kappa shape index (κ3) is 3.72. The maximum Gasteiger partial charge on any atom is 0.255 e. The third-order valence-corrected chi connectivity index (χ3v) is 6.61. The highest BCUT2D eigenvalue weighted by molar-refractivity contribution is 7.92. The van der Waals surface area contributed by atoms with Gasteiger partial charge in [0.1, 0.15) is 6.10 Å². The van der Waals surface area contributed by atoms with Gasteiger partial charge in [0, 0.05) is 25.2 Å². The van der Waals surface area contributed by atoms with E-state index >= 15 is 0 Å². The molecule has 26 heavy (non-hydrogen) atoms. The highest BCUT2D eigenvalue weighted by Gasteiger charge is 2.32. The van der Waals surface area contributed by atoms with E-state index in [1.165, 1.54) is 6.07 Å². The van der Waals surface area contributed by atoms with E-state index in [2.05, 4.69) is 4.98 Å². The summed E-state index contributed by atoms with van der Waals surface area (Å²) in [6.45, 7) is 4.16. The molecule has 1 aromatic carbocycles. The van der Waals surface area contributed by atoms with E-state index < -0.39 is 15.1 Å². The molecule has 2 heterocycles. The number of ether oxygens (including phenoxy) is 1. The molecule has 3 rings (SSSR count). The minimum atomic E-state index is -3.53. The average Bonchev–Trinajstić information content (AvgIpc) is 3.10. The van der Waals surface area contributed by atoms with Crippen molar-refractivity contribution in [1.29, 1.82) is 0 Å². The molecular formula is C19H22N2O4S. The third-order valence-electron chi connectivity index (χ3n) is 4.40. The number of hydrogen-bond acceptors (Lipinski definition) is 5. The minimum absolute atomic E-state index is 0.0918. The summed E-state index contributed by atoms with van der Waals surface area (Å²) in [7, 11) is -3.53. The second-order valence-electron chi connectivity index (χ2n) is 6.54. The molecule has 1 unspecified atom stereocenters. The zero-order valence-corrected chi connectivity index (χ0v) is 15.6. The van der Waals surface area contributed by atoms with Gasteiger partial charge in [-0.25, -0.2) is 13.4 Å². The number of sulfone groups is 1. The molecule has 1 aromatic heterocycles. The molecule has 0 spiro atoms. The molecule has 0 radical (unpaired) electrons. The number of aromatic nitrogens is 1. The van der Waals surface area contributed by atoms with Crippen LogP contribution in [-0.2, 0) is 9.84 Å². The molecule has 1 aliphatic rings. The van der Waals surface area contributed by atoms with Crippen molar-refractivity contribution in [3.63, 3.8) is 0 Å². The molecule has 2 aromatic rings. The zero-order valence-electron chi connectivity index (χ0n) is 14.8. The number of pyridine rings is 1. The van der Waals surface area contributed by atoms with Crippen LogP contribution in [0.5, 0.6) is 5.88 Å². The van der Waals surface area contributed by atoms with E-state index in [-0.39, 0.29) is 22.5 Å². The Labute approximate surface area is 153 Å². The van der Waals surface area contributed by atoms with Gasteiger partial charge in [-0.15, -0.1) is 0 Å². The Hall–Kier alpha value is -2.41. The molecule has 1 atom stereocenters. The smallest absolute Gasteiger partial charge is 0.255 e. The number of benzene rings is 1. The summed E-state index contributed by atoms with van der Waals surface area (Å²) < 4.78 is 31.0. The van der Waals surface area contributed by atoms with Gasteiger partial charge in [-0.2, -0.15) is 0 Å². The Morgan fingerprint density at radius 2 is 1.92 bits per heavy atom. The molecule has 7 heteroatoms. The van der Waals surface area contributed by atoms with E-state index in [4.69, 9.17) is 4.74 Å². The van der Waals surface area contributed by atoms with Crippen LogP contribution in [0.4, 0.5) is 0 Å². The molecule has 0 N–H and O–H groups in total. The molecule has 0 aliphatic carbocycles. The van der Waals surface area contributed by atoms with Crippen molar-refractivity contribution >= 4 is 15.7 Å². The lowest BCUT2D eigenvalue weighted by Gasteiger charge is -2.19. The Kier molecular flexibility index (Phi) is 5.27. The largest absolute Gasteiger partial charge is 0.472 e. The fourth-order valence-corrected chi connectivity index (χ4v) is 4.15. The van der Waals surface area contributed by atoms with Crippen LogP contribution < -0.4 is 4.74 Å². The lowest BCUT2D eigenvalue weighted by atomic mass is 10.2. The number of carbonyl (C=O) groups is 1. The van der Waals surface area contributed by atoms with E-state index in [1.54, 1.807) is 49.2 Å². The quantitative estimate of drug-likeness (QED) is 0.804. The van der Waals surface area contributed by atoms with Crippen LogP contribution >= 0.6 is 0 Å². The van der Waals surface area contributed by atoms with Gasteiger partial charge in [0.15, 0.2) is 9.84 Å². The zero-order chi connectivity index (χ0) is 18.7. The Morgan fingerprint density at radius 1 is 1.19 bits per heavy atom. The van der Waals surface area contributed by atoms with Gasteiger partial charge in [-0.1, -0.05) is 18.2 Å². The summed E-state index contributed by atoms with van der Waals surface area (Å²) in [4.78, 5) is 18.8. The number of likely N-dealkylation sites (tertiary alicyclic amines) is 1. The molecule has 1 fully saturated rings. The molecule has 0 saturated carbocycles. The second-order valence-corrected chi connectivity index (χ2v) is 9.01. The van der Waals surface area contributed by atoms with Gasteiger partial charge in [-0.05, 0) is 32.0 Å². The van der Waals surface area contributed by atoms with Crippen LogP contribution in [0.15, 0.2) is 53.6 Å². The van der Waals surface area contributed by atoms with Crippen LogP contribution in [0.25, 0.3) is 0 Å². The summed E-state index contributed by atoms with van der Waals surface area (Å²) in [6.07, 6.45) is 2.18. The molecular weight excluding hydrogens is 352 g/mol. The topological polar surface area (TPSA) is 76.6 Å². The van der Waals surface area contributed by atoms with Gasteiger partial charge >= 0.3 is 0 Å². The van der Waals surface area contributed by atoms with Crippen LogP contribution in [0, 0.1) is 0 Å². The van der Waals surface area contributed by atoms with Crippen molar-refractivity contribution in [3.8, 4) is 5.88 Å². The fourth-order valence-electron chi connectivity index (χ4n) is 2.91. The predicted octanol–water partition coefficient (Wildman–Crippen LogP) is 2.56. The number of rotatable bonds is 5. The summed E-state index contributed by atoms with van der Waals surface area (Å²) in [5.41, 5.74) is 0.222. The summed E-state index contributed by atoms with van der Waals surface area (Å²) in [5.74, 6) is 0.242. The average molecular weight is 374 g/mol. The van der Waals surface area contributed by atoms with Crippen LogP contribution in [-0.4, -0.2) is 48.7 Å². The van der Waals surface area contributed by atoms with Gasteiger partial charge in [0.05, 0.1) is 22.3 Å². The summed E-state index contributed by atoms with van der Waals surface area (Å²) in [5, 5.41) is -0.588. The van der Waals surface area contributed by atoms with Gasteiger partial charge < -0.3 is 9.64 Å². The lowest BCUT2D eigenvalue weighted by Crippen LogP contribution is -2.32. The number of carbonyl (C=O) groups excluding carboxylic acids is 1. The second kappa shape index (κ2) is 7.45. The van der Waals surface area contributed by atoms with Gasteiger partial charge in [-0.3, -0.25) is 4.79 Å². The molecule has 0 bridgehead atoms. The predicted molar refractivity (Wildman–Crippen MR) is 97.9 cm³/mol. The number of nitrogens with zero attached hydrogens (tertiary/aromatic N) is 2. The maximum absolute atomic E-state index is 12.9. The first kappa shape index (κ1) is 18.4. The van der Waals surface area contributed by atoms with E-state index in [0.29, 0.717) is 25.4 Å². The van der Waals surface area contributed by atoms with Crippen molar-refractivity contribution < 1.29 is 17.9 Å². The first-order chi connectivity index (χ1) is 12.4. The van der Waals surface area contributed by atoms with E-state index in [1.807, 2.05) is 12.1 Å². The maximum atomic E-state index is 12.9. The fraction of sp³-hybridized carbons (Fsp3) is 0.368. The molecule has 1 aliphatic heterocycles. The highest BCUT2D eigenvalue weighted by Crippen LogP contribution is 2.24. The normalized spacial score (nSPS) is 17.5. The molecule has 1 saturated heterocycles. The van der Waals surface area contributed by atoms with Crippen molar-refractivity contribution in [3.05, 3.63) is 54.2 Å². The van der Waals surface area contributed by atoms with Crippen molar-refractivity contribution in [2.75, 3.05) is 13.1 Å². The Bertz CT molecular complexity index is 881. The van der Waals surface area contributed by atoms with Crippen LogP contribution in [0.3, 0.4) is 0 Å². The SMILES string of the molecule is CC(C)S(=O)(=O)c1ccccc1C(=O)N1CCC(Oc2ccccn2)C1. The monoisotopic (exact) mass is 374 g/mol. The van der Waals surface area contributed by atoms with Crippen LogP contribution in [0.2, 0.25) is 0 Å². The summed E-state index contributed by atoms with van der Waals surface area (Å²) in [6, 6.07) is 11.8. The number of hydrogen-bond donors (Lipinski definition) is 0. The van der Waals surface area contributed by atoms with E-state index in [0.717, 1.165) is 0 Å². The van der Waals surface area contributed by atoms with Crippen LogP contribution in [0.1, 0.15) is 30.6 Å².